The molecule has 0 atom stereocenters. The Balaban J connectivity index is 1.42. The number of pyridine rings is 1. The quantitative estimate of drug-likeness (QED) is 0.349. The molecule has 0 aliphatic rings. The summed E-state index contributed by atoms with van der Waals surface area (Å²) in [6, 6.07) is 14.9. The normalized spacial score (nSPS) is 11.2. The number of rotatable bonds is 7. The number of hydrogen-bond donors (Lipinski definition) is 1. The number of carbonyl (C=O) groups excluding carboxylic acids is 1. The predicted molar refractivity (Wildman–Crippen MR) is 141 cm³/mol. The van der Waals surface area contributed by atoms with Crippen molar-refractivity contribution in [1.29, 1.82) is 0 Å². The van der Waals surface area contributed by atoms with E-state index in [1.807, 2.05) is 48.7 Å². The lowest BCUT2D eigenvalue weighted by atomic mass is 10.1. The molecule has 0 saturated carbocycles. The molecule has 8 nitrogen and oxygen atoms in total. The molecule has 182 valence electrons. The Kier molecular flexibility index (Phi) is 6.67. The Labute approximate surface area is 216 Å². The number of hydrogen-bond acceptors (Lipinski definition) is 6. The van der Waals surface area contributed by atoms with Crippen molar-refractivity contribution in [3.63, 3.8) is 0 Å². The van der Waals surface area contributed by atoms with Crippen LogP contribution in [-0.4, -0.2) is 36.6 Å². The third kappa shape index (κ3) is 4.80. The van der Waals surface area contributed by atoms with Gasteiger partial charge in [-0.2, -0.15) is 5.10 Å². The molecular formula is C26H23ClN6O2S. The summed E-state index contributed by atoms with van der Waals surface area (Å²) in [5.41, 5.74) is 4.51. The van der Waals surface area contributed by atoms with Crippen LogP contribution >= 0.6 is 22.9 Å². The lowest BCUT2D eigenvalue weighted by molar-refractivity contribution is -0.120. The molecule has 0 bridgehead atoms. The molecule has 0 aliphatic carbocycles. The van der Waals surface area contributed by atoms with E-state index in [1.54, 1.807) is 29.9 Å². The first kappa shape index (κ1) is 23.9. The molecular weight excluding hydrogens is 496 g/mol. The fourth-order valence-corrected chi connectivity index (χ4v) is 5.12. The lowest BCUT2D eigenvalue weighted by Gasteiger charge is -2.07. The topological polar surface area (TPSA) is 94.2 Å². The van der Waals surface area contributed by atoms with E-state index in [-0.39, 0.29) is 17.9 Å². The van der Waals surface area contributed by atoms with E-state index in [0.29, 0.717) is 45.6 Å². The number of carbonyl (C=O) groups is 1. The highest BCUT2D eigenvalue weighted by Gasteiger charge is 2.20. The van der Waals surface area contributed by atoms with Crippen molar-refractivity contribution in [1.82, 2.24) is 29.5 Å². The van der Waals surface area contributed by atoms with Crippen LogP contribution < -0.4 is 10.9 Å². The summed E-state index contributed by atoms with van der Waals surface area (Å²) in [7, 11) is 0. The van der Waals surface area contributed by atoms with Crippen molar-refractivity contribution in [2.75, 3.05) is 6.54 Å². The molecule has 0 unspecified atom stereocenters. The highest BCUT2D eigenvalue weighted by atomic mass is 35.5. The summed E-state index contributed by atoms with van der Waals surface area (Å²) >= 11 is 7.36. The van der Waals surface area contributed by atoms with Gasteiger partial charge in [0.1, 0.15) is 5.69 Å². The number of aromatic nitrogens is 5. The third-order valence-corrected chi connectivity index (χ3v) is 6.93. The third-order valence-electron chi connectivity index (χ3n) is 5.81. The summed E-state index contributed by atoms with van der Waals surface area (Å²) < 4.78 is 3.28. The molecule has 1 aromatic carbocycles. The van der Waals surface area contributed by atoms with E-state index >= 15 is 0 Å². The highest BCUT2D eigenvalue weighted by Crippen LogP contribution is 2.24. The van der Waals surface area contributed by atoms with Crippen molar-refractivity contribution in [3.05, 3.63) is 98.3 Å². The number of nitrogens with zero attached hydrogens (tertiary/aromatic N) is 5. The van der Waals surface area contributed by atoms with Gasteiger partial charge in [0, 0.05) is 46.6 Å². The second-order valence-corrected chi connectivity index (χ2v) is 9.65. The van der Waals surface area contributed by atoms with E-state index in [2.05, 4.69) is 15.3 Å². The molecule has 4 aromatic heterocycles. The van der Waals surface area contributed by atoms with E-state index in [0.717, 1.165) is 17.1 Å². The SMILES string of the molecule is Cc1nc2scc(CC(=O)NCCc3ccccn3)n2c(=O)c1-c1cc(C)n(-c2ccc(Cl)cc2)n1. The average Bonchev–Trinajstić information content (AvgIpc) is 3.43. The zero-order valence-corrected chi connectivity index (χ0v) is 21.3. The van der Waals surface area contributed by atoms with Crippen molar-refractivity contribution in [3.8, 4) is 16.9 Å². The molecule has 0 saturated heterocycles. The van der Waals surface area contributed by atoms with Crippen LogP contribution in [-0.2, 0) is 17.6 Å². The zero-order valence-electron chi connectivity index (χ0n) is 19.7. The molecule has 1 N–H and O–H groups in total. The molecule has 1 amide bonds. The molecule has 0 fully saturated rings. The minimum absolute atomic E-state index is 0.0740. The van der Waals surface area contributed by atoms with Gasteiger partial charge in [0.2, 0.25) is 5.91 Å². The minimum Gasteiger partial charge on any atom is -0.355 e. The maximum atomic E-state index is 13.6. The molecule has 5 rings (SSSR count). The van der Waals surface area contributed by atoms with Gasteiger partial charge in [-0.15, -0.1) is 11.3 Å². The lowest BCUT2D eigenvalue weighted by Crippen LogP contribution is -2.29. The van der Waals surface area contributed by atoms with Crippen LogP contribution in [0.4, 0.5) is 0 Å². The Morgan fingerprint density at radius 2 is 1.94 bits per heavy atom. The van der Waals surface area contributed by atoms with Crippen LogP contribution in [0, 0.1) is 13.8 Å². The number of aryl methyl sites for hydroxylation is 2. The van der Waals surface area contributed by atoms with Crippen LogP contribution in [0.25, 0.3) is 21.9 Å². The number of nitrogens with one attached hydrogen (secondary N) is 1. The molecule has 0 aliphatic heterocycles. The molecule has 0 radical (unpaired) electrons. The van der Waals surface area contributed by atoms with Gasteiger partial charge in [-0.3, -0.25) is 19.0 Å². The Bertz CT molecular complexity index is 1610. The van der Waals surface area contributed by atoms with Gasteiger partial charge < -0.3 is 5.32 Å². The van der Waals surface area contributed by atoms with E-state index in [4.69, 9.17) is 16.7 Å². The summed E-state index contributed by atoms with van der Waals surface area (Å²) in [5, 5.41) is 10.0. The Morgan fingerprint density at radius 1 is 1.14 bits per heavy atom. The number of benzene rings is 1. The largest absolute Gasteiger partial charge is 0.355 e. The second-order valence-electron chi connectivity index (χ2n) is 8.38. The summed E-state index contributed by atoms with van der Waals surface area (Å²) in [5.74, 6) is -0.164. The Hall–Kier alpha value is -3.82. The van der Waals surface area contributed by atoms with Crippen LogP contribution in [0.3, 0.4) is 0 Å². The van der Waals surface area contributed by atoms with E-state index < -0.39 is 0 Å². The van der Waals surface area contributed by atoms with Crippen LogP contribution in [0.1, 0.15) is 22.8 Å². The first-order valence-electron chi connectivity index (χ1n) is 11.4. The first-order valence-corrected chi connectivity index (χ1v) is 12.7. The zero-order chi connectivity index (χ0) is 25.2. The van der Waals surface area contributed by atoms with E-state index in [9.17, 15) is 9.59 Å². The van der Waals surface area contributed by atoms with Gasteiger partial charge in [-0.05, 0) is 56.3 Å². The molecule has 36 heavy (non-hydrogen) atoms. The van der Waals surface area contributed by atoms with Crippen LogP contribution in [0.15, 0.2) is 64.9 Å². The first-order chi connectivity index (χ1) is 17.4. The predicted octanol–water partition coefficient (Wildman–Crippen LogP) is 4.18. The fraction of sp³-hybridized carbons (Fsp3) is 0.192. The van der Waals surface area contributed by atoms with Gasteiger partial charge in [0.15, 0.2) is 4.96 Å². The monoisotopic (exact) mass is 518 g/mol. The number of thiazole rings is 1. The number of fused-ring (bicyclic) bond motifs is 1. The number of halogens is 1. The summed E-state index contributed by atoms with van der Waals surface area (Å²) in [4.78, 5) is 35.7. The van der Waals surface area contributed by atoms with E-state index in [1.165, 1.54) is 15.7 Å². The standard InChI is InChI=1S/C26H23ClN6O2S/c1-16-13-22(31-33(16)20-8-6-18(27)7-9-20)24-17(2)30-26-32(25(24)35)21(15-36-26)14-23(34)29-12-10-19-5-3-4-11-28-19/h3-9,11,13,15H,10,12,14H2,1-2H3,(H,29,34). The van der Waals surface area contributed by atoms with Gasteiger partial charge in [-0.25, -0.2) is 9.67 Å². The smallest absolute Gasteiger partial charge is 0.268 e. The van der Waals surface area contributed by atoms with Crippen molar-refractivity contribution < 1.29 is 4.79 Å². The van der Waals surface area contributed by atoms with Crippen LogP contribution in [0.2, 0.25) is 5.02 Å². The second kappa shape index (κ2) is 10.0. The van der Waals surface area contributed by atoms with Crippen molar-refractivity contribution >= 4 is 33.8 Å². The fourth-order valence-electron chi connectivity index (χ4n) is 4.07. The summed E-state index contributed by atoms with van der Waals surface area (Å²) in [6.07, 6.45) is 2.44. The molecule has 5 aromatic rings. The van der Waals surface area contributed by atoms with Gasteiger partial charge in [0.05, 0.1) is 23.4 Å². The highest BCUT2D eigenvalue weighted by molar-refractivity contribution is 7.15. The van der Waals surface area contributed by atoms with Gasteiger partial charge in [-0.1, -0.05) is 17.7 Å². The maximum Gasteiger partial charge on any atom is 0.268 e. The Morgan fingerprint density at radius 3 is 2.69 bits per heavy atom. The average molecular weight is 519 g/mol. The van der Waals surface area contributed by atoms with Gasteiger partial charge in [0.25, 0.3) is 5.56 Å². The summed E-state index contributed by atoms with van der Waals surface area (Å²) in [6.45, 7) is 4.20. The van der Waals surface area contributed by atoms with Crippen molar-refractivity contribution in [2.45, 2.75) is 26.7 Å². The maximum absolute atomic E-state index is 13.6. The van der Waals surface area contributed by atoms with Gasteiger partial charge >= 0.3 is 0 Å². The van der Waals surface area contributed by atoms with Crippen LogP contribution in [0.5, 0.6) is 0 Å². The minimum atomic E-state index is -0.240. The molecule has 4 heterocycles. The molecule has 10 heteroatoms. The number of amides is 1. The van der Waals surface area contributed by atoms with Crippen molar-refractivity contribution in [2.24, 2.45) is 0 Å². The molecule has 0 spiro atoms.